The van der Waals surface area contributed by atoms with Gasteiger partial charge in [-0.15, -0.1) is 0 Å². The molecule has 0 aliphatic heterocycles. The highest BCUT2D eigenvalue weighted by atomic mass is 16.5. The van der Waals surface area contributed by atoms with Crippen molar-refractivity contribution in [3.05, 3.63) is 84.3 Å². The predicted molar refractivity (Wildman–Crippen MR) is 98.2 cm³/mol. The molecule has 2 atom stereocenters. The van der Waals surface area contributed by atoms with Gasteiger partial charge >= 0.3 is 0 Å². The molecule has 0 aliphatic rings. The van der Waals surface area contributed by atoms with Gasteiger partial charge in [-0.25, -0.2) is 0 Å². The fourth-order valence-corrected chi connectivity index (χ4v) is 2.59. The third-order valence-electron chi connectivity index (χ3n) is 3.99. The topological polar surface area (TPSA) is 60.7 Å². The van der Waals surface area contributed by atoms with Gasteiger partial charge in [0.2, 0.25) is 0 Å². The molecule has 5 heteroatoms. The van der Waals surface area contributed by atoms with E-state index in [4.69, 9.17) is 13.9 Å². The first-order valence-electron chi connectivity index (χ1n) is 8.37. The van der Waals surface area contributed by atoms with Crippen LogP contribution in [0.3, 0.4) is 0 Å². The number of amides is 1. The van der Waals surface area contributed by atoms with E-state index in [0.717, 1.165) is 11.3 Å². The average Bonchev–Trinajstić information content (AvgIpc) is 3.21. The van der Waals surface area contributed by atoms with Crippen LogP contribution in [0.4, 0.5) is 0 Å². The van der Waals surface area contributed by atoms with Gasteiger partial charge in [-0.2, -0.15) is 0 Å². The summed E-state index contributed by atoms with van der Waals surface area (Å²) in [6, 6.07) is 20.1. The van der Waals surface area contributed by atoms with Crippen LogP contribution in [0, 0.1) is 0 Å². The van der Waals surface area contributed by atoms with Gasteiger partial charge in [-0.05, 0) is 48.9 Å². The van der Waals surface area contributed by atoms with Crippen molar-refractivity contribution in [2.75, 3.05) is 7.11 Å². The Bertz CT molecular complexity index is 813. The van der Waals surface area contributed by atoms with Gasteiger partial charge in [0, 0.05) is 0 Å². The van der Waals surface area contributed by atoms with Gasteiger partial charge in [-0.3, -0.25) is 4.79 Å². The van der Waals surface area contributed by atoms with Gasteiger partial charge in [0.15, 0.2) is 6.10 Å². The Kier molecular flexibility index (Phi) is 5.59. The minimum atomic E-state index is -0.662. The third-order valence-corrected chi connectivity index (χ3v) is 3.99. The van der Waals surface area contributed by atoms with E-state index < -0.39 is 6.10 Å². The maximum Gasteiger partial charge on any atom is 0.261 e. The third kappa shape index (κ3) is 4.25. The SMILES string of the molecule is COc1ccc(OC(C)C(=O)NC(c2ccccc2)c2ccco2)cc1. The van der Waals surface area contributed by atoms with E-state index in [9.17, 15) is 4.79 Å². The number of furan rings is 1. The summed E-state index contributed by atoms with van der Waals surface area (Å²) in [5.74, 6) is 1.77. The molecule has 3 rings (SSSR count). The molecule has 2 aromatic carbocycles. The highest BCUT2D eigenvalue weighted by Gasteiger charge is 2.23. The minimum Gasteiger partial charge on any atom is -0.497 e. The molecule has 0 aliphatic carbocycles. The summed E-state index contributed by atoms with van der Waals surface area (Å²) in [5.41, 5.74) is 0.937. The van der Waals surface area contributed by atoms with Gasteiger partial charge in [0.1, 0.15) is 23.3 Å². The zero-order valence-corrected chi connectivity index (χ0v) is 14.7. The van der Waals surface area contributed by atoms with Crippen molar-refractivity contribution in [2.24, 2.45) is 0 Å². The summed E-state index contributed by atoms with van der Waals surface area (Å²) in [4.78, 5) is 12.6. The summed E-state index contributed by atoms with van der Waals surface area (Å²) in [5, 5.41) is 3.00. The van der Waals surface area contributed by atoms with E-state index in [-0.39, 0.29) is 11.9 Å². The molecular weight excluding hydrogens is 330 g/mol. The van der Waals surface area contributed by atoms with E-state index >= 15 is 0 Å². The second-order valence-electron chi connectivity index (χ2n) is 5.80. The lowest BCUT2D eigenvalue weighted by molar-refractivity contribution is -0.127. The van der Waals surface area contributed by atoms with Crippen LogP contribution in [0.25, 0.3) is 0 Å². The first-order valence-corrected chi connectivity index (χ1v) is 8.37. The summed E-state index contributed by atoms with van der Waals surface area (Å²) in [7, 11) is 1.60. The maximum absolute atomic E-state index is 12.6. The Hall–Kier alpha value is -3.21. The highest BCUT2D eigenvalue weighted by molar-refractivity contribution is 5.81. The predicted octanol–water partition coefficient (Wildman–Crippen LogP) is 3.96. The summed E-state index contributed by atoms with van der Waals surface area (Å²) in [6.07, 6.45) is 0.930. The number of methoxy groups -OCH3 is 1. The molecule has 0 radical (unpaired) electrons. The number of ether oxygens (including phenoxy) is 2. The van der Waals surface area contributed by atoms with Crippen LogP contribution in [0.1, 0.15) is 24.3 Å². The number of rotatable bonds is 7. The van der Waals surface area contributed by atoms with E-state index in [2.05, 4.69) is 5.32 Å². The summed E-state index contributed by atoms with van der Waals surface area (Å²) >= 11 is 0. The van der Waals surface area contributed by atoms with Crippen molar-refractivity contribution >= 4 is 5.91 Å². The largest absolute Gasteiger partial charge is 0.497 e. The van der Waals surface area contributed by atoms with Gasteiger partial charge < -0.3 is 19.2 Å². The number of hydrogen-bond acceptors (Lipinski definition) is 4. The first-order chi connectivity index (χ1) is 12.7. The monoisotopic (exact) mass is 351 g/mol. The maximum atomic E-state index is 12.6. The molecule has 0 spiro atoms. The van der Waals surface area contributed by atoms with Crippen molar-refractivity contribution in [2.45, 2.75) is 19.1 Å². The minimum absolute atomic E-state index is 0.230. The molecule has 1 amide bonds. The lowest BCUT2D eigenvalue weighted by Gasteiger charge is -2.20. The second kappa shape index (κ2) is 8.25. The van der Waals surface area contributed by atoms with Crippen LogP contribution in [-0.2, 0) is 4.79 Å². The molecule has 134 valence electrons. The van der Waals surface area contributed by atoms with Crippen molar-refractivity contribution in [1.82, 2.24) is 5.32 Å². The lowest BCUT2D eigenvalue weighted by Crippen LogP contribution is -2.38. The normalized spacial score (nSPS) is 12.8. The fraction of sp³-hybridized carbons (Fsp3) is 0.190. The van der Waals surface area contributed by atoms with E-state index in [0.29, 0.717) is 11.5 Å². The van der Waals surface area contributed by atoms with Crippen molar-refractivity contribution in [3.63, 3.8) is 0 Å². The van der Waals surface area contributed by atoms with Gasteiger partial charge in [0.05, 0.1) is 13.4 Å². The van der Waals surface area contributed by atoms with Crippen LogP contribution in [0.5, 0.6) is 11.5 Å². The first kappa shape index (κ1) is 17.6. The van der Waals surface area contributed by atoms with Crippen molar-refractivity contribution in [3.8, 4) is 11.5 Å². The van der Waals surface area contributed by atoms with Crippen LogP contribution in [0.2, 0.25) is 0 Å². The smallest absolute Gasteiger partial charge is 0.261 e. The molecule has 2 unspecified atom stereocenters. The van der Waals surface area contributed by atoms with Gasteiger partial charge in [0.25, 0.3) is 5.91 Å². The van der Waals surface area contributed by atoms with Crippen molar-refractivity contribution in [1.29, 1.82) is 0 Å². The Morgan fingerprint density at radius 3 is 2.27 bits per heavy atom. The van der Waals surface area contributed by atoms with E-state index in [1.54, 1.807) is 50.6 Å². The molecule has 0 fully saturated rings. The number of carbonyl (C=O) groups excluding carboxylic acids is 1. The van der Waals surface area contributed by atoms with Crippen molar-refractivity contribution < 1.29 is 18.7 Å². The lowest BCUT2D eigenvalue weighted by atomic mass is 10.0. The molecule has 0 saturated carbocycles. The molecule has 1 aromatic heterocycles. The number of benzene rings is 2. The zero-order valence-electron chi connectivity index (χ0n) is 14.7. The molecule has 1 N–H and O–H groups in total. The number of nitrogens with one attached hydrogen (secondary N) is 1. The fourth-order valence-electron chi connectivity index (χ4n) is 2.59. The second-order valence-corrected chi connectivity index (χ2v) is 5.80. The van der Waals surface area contributed by atoms with Gasteiger partial charge in [-0.1, -0.05) is 30.3 Å². The summed E-state index contributed by atoms with van der Waals surface area (Å²) < 4.78 is 16.4. The summed E-state index contributed by atoms with van der Waals surface area (Å²) in [6.45, 7) is 1.71. The quantitative estimate of drug-likeness (QED) is 0.700. The average molecular weight is 351 g/mol. The molecule has 0 saturated heterocycles. The Morgan fingerprint density at radius 2 is 1.65 bits per heavy atom. The number of hydrogen-bond donors (Lipinski definition) is 1. The van der Waals surface area contributed by atoms with E-state index in [1.165, 1.54) is 0 Å². The van der Waals surface area contributed by atoms with Crippen LogP contribution in [-0.4, -0.2) is 19.1 Å². The molecule has 1 heterocycles. The molecular formula is C21H21NO4. The molecule has 5 nitrogen and oxygen atoms in total. The van der Waals surface area contributed by atoms with Crippen LogP contribution in [0.15, 0.2) is 77.4 Å². The Morgan fingerprint density at radius 1 is 0.962 bits per heavy atom. The zero-order chi connectivity index (χ0) is 18.4. The Labute approximate surface area is 152 Å². The molecule has 3 aromatic rings. The molecule has 26 heavy (non-hydrogen) atoms. The molecule has 0 bridgehead atoms. The van der Waals surface area contributed by atoms with E-state index in [1.807, 2.05) is 36.4 Å². The van der Waals surface area contributed by atoms with Crippen LogP contribution >= 0.6 is 0 Å². The standard InChI is InChI=1S/C21H21NO4/c1-15(26-18-12-10-17(24-2)11-13-18)21(23)22-20(19-9-6-14-25-19)16-7-4-3-5-8-16/h3-15,20H,1-2H3,(H,22,23). The highest BCUT2D eigenvalue weighted by Crippen LogP contribution is 2.23. The van der Waals surface area contributed by atoms with Crippen LogP contribution < -0.4 is 14.8 Å². The Balaban J connectivity index is 1.70. The number of carbonyl (C=O) groups is 1.